The second-order valence-electron chi connectivity index (χ2n) is 14.6. The maximum absolute atomic E-state index is 12.1. The normalized spacial score (nSPS) is 17.7. The summed E-state index contributed by atoms with van der Waals surface area (Å²) in [6.07, 6.45) is 9.87. The number of nitriles is 1. The molecule has 2 aliphatic heterocycles. The van der Waals surface area contributed by atoms with Crippen molar-refractivity contribution in [2.24, 2.45) is 0 Å². The molecule has 2 atom stereocenters. The van der Waals surface area contributed by atoms with Gasteiger partial charge in [0.05, 0.1) is 23.8 Å². The van der Waals surface area contributed by atoms with Gasteiger partial charge in [-0.2, -0.15) is 5.26 Å². The fourth-order valence-corrected chi connectivity index (χ4v) is 8.01. The van der Waals surface area contributed by atoms with Crippen LogP contribution < -0.4 is 14.2 Å². The van der Waals surface area contributed by atoms with Gasteiger partial charge in [0.1, 0.15) is 42.6 Å². The maximum atomic E-state index is 12.1. The predicted molar refractivity (Wildman–Crippen MR) is 213 cm³/mol. The average molecular weight is 767 g/mol. The zero-order valence-corrected chi connectivity index (χ0v) is 32.6. The molecule has 0 aliphatic carbocycles. The lowest BCUT2D eigenvalue weighted by molar-refractivity contribution is -0.144. The molecule has 10 nitrogen and oxygen atoms in total. The van der Waals surface area contributed by atoms with Crippen molar-refractivity contribution in [2.75, 3.05) is 32.8 Å². The number of benzene rings is 3. The number of aromatic nitrogens is 1. The lowest BCUT2D eigenvalue weighted by atomic mass is 9.93. The number of likely N-dealkylation sites (tertiary alicyclic amines) is 2. The molecule has 3 aromatic carbocycles. The molecule has 6 rings (SSSR count). The minimum Gasteiger partial charge on any atom is -0.493 e. The number of aliphatic carboxylic acids is 1. The van der Waals surface area contributed by atoms with Crippen molar-refractivity contribution in [3.8, 4) is 34.4 Å². The summed E-state index contributed by atoms with van der Waals surface area (Å²) >= 11 is 6.87. The summed E-state index contributed by atoms with van der Waals surface area (Å²) in [6.45, 7) is 8.41. The van der Waals surface area contributed by atoms with E-state index < -0.39 is 12.0 Å². The van der Waals surface area contributed by atoms with Crippen molar-refractivity contribution in [2.45, 2.75) is 90.6 Å². The van der Waals surface area contributed by atoms with E-state index in [2.05, 4.69) is 41.9 Å². The monoisotopic (exact) mass is 766 g/mol. The lowest BCUT2D eigenvalue weighted by Crippen LogP contribution is -2.44. The quantitative estimate of drug-likeness (QED) is 0.108. The van der Waals surface area contributed by atoms with Gasteiger partial charge in [-0.05, 0) is 105 Å². The molecule has 1 aromatic heterocycles. The Morgan fingerprint density at radius 2 is 1.62 bits per heavy atom. The number of pyridine rings is 1. The molecule has 0 amide bonds. The maximum Gasteiger partial charge on any atom is 0.320 e. The zero-order valence-electron chi connectivity index (χ0n) is 31.8. The summed E-state index contributed by atoms with van der Waals surface area (Å²) in [5.41, 5.74) is 7.28. The van der Waals surface area contributed by atoms with E-state index in [1.54, 1.807) is 24.4 Å². The molecular formula is C44H51ClN4O6. The van der Waals surface area contributed by atoms with E-state index in [-0.39, 0.29) is 25.9 Å². The van der Waals surface area contributed by atoms with Crippen molar-refractivity contribution in [1.29, 1.82) is 5.26 Å². The minimum atomic E-state index is -0.833. The highest BCUT2D eigenvalue weighted by Crippen LogP contribution is 2.37. The fraction of sp³-hybridized carbons (Fsp3) is 0.432. The summed E-state index contributed by atoms with van der Waals surface area (Å²) in [5, 5.41) is 29.4. The van der Waals surface area contributed by atoms with Gasteiger partial charge in [0.15, 0.2) is 0 Å². The molecule has 0 saturated carbocycles. The Morgan fingerprint density at radius 3 is 2.40 bits per heavy atom. The molecule has 4 aromatic rings. The number of hydrogen-bond donors (Lipinski definition) is 2. The van der Waals surface area contributed by atoms with Crippen LogP contribution in [0.25, 0.3) is 11.1 Å². The average Bonchev–Trinajstić information content (AvgIpc) is 3.20. The summed E-state index contributed by atoms with van der Waals surface area (Å²) in [7, 11) is 0. The number of piperidine rings is 2. The Kier molecular flexibility index (Phi) is 14.0. The number of hydrogen-bond acceptors (Lipinski definition) is 9. The predicted octanol–water partition coefficient (Wildman–Crippen LogP) is 8.10. The van der Waals surface area contributed by atoms with Crippen molar-refractivity contribution < 1.29 is 29.2 Å². The minimum absolute atomic E-state index is 0.158. The van der Waals surface area contributed by atoms with Gasteiger partial charge in [0.2, 0.25) is 0 Å². The number of ether oxygens (including phenoxy) is 3. The van der Waals surface area contributed by atoms with Crippen LogP contribution in [0.1, 0.15) is 78.3 Å². The first-order chi connectivity index (χ1) is 26.7. The van der Waals surface area contributed by atoms with E-state index in [1.807, 2.05) is 29.2 Å². The second kappa shape index (κ2) is 19.3. The van der Waals surface area contributed by atoms with E-state index in [1.165, 1.54) is 19.0 Å². The Hall–Kier alpha value is -4.66. The van der Waals surface area contributed by atoms with Crippen molar-refractivity contribution >= 4 is 17.6 Å². The number of aliphatic hydroxyl groups excluding tert-OH is 1. The van der Waals surface area contributed by atoms with Crippen molar-refractivity contribution in [3.63, 3.8) is 0 Å². The first-order valence-corrected chi connectivity index (χ1v) is 19.7. The summed E-state index contributed by atoms with van der Waals surface area (Å²) in [4.78, 5) is 20.6. The van der Waals surface area contributed by atoms with Crippen LogP contribution in [0, 0.1) is 25.2 Å². The smallest absolute Gasteiger partial charge is 0.320 e. The third-order valence-electron chi connectivity index (χ3n) is 10.9. The Labute approximate surface area is 329 Å². The van der Waals surface area contributed by atoms with Gasteiger partial charge in [-0.3, -0.25) is 19.6 Å². The van der Waals surface area contributed by atoms with Crippen LogP contribution in [0.2, 0.25) is 5.02 Å². The lowest BCUT2D eigenvalue weighted by Gasteiger charge is -2.34. The Morgan fingerprint density at radius 1 is 0.873 bits per heavy atom. The number of carboxylic acid groups (broad SMARTS) is 1. The van der Waals surface area contributed by atoms with Crippen LogP contribution in [-0.2, 0) is 24.6 Å². The molecule has 2 aliphatic rings. The largest absolute Gasteiger partial charge is 0.493 e. The molecule has 0 spiro atoms. The van der Waals surface area contributed by atoms with Gasteiger partial charge >= 0.3 is 5.97 Å². The van der Waals surface area contributed by atoms with Crippen molar-refractivity contribution in [3.05, 3.63) is 105 Å². The third-order valence-corrected chi connectivity index (χ3v) is 11.2. The molecule has 0 bridgehead atoms. The van der Waals surface area contributed by atoms with Crippen LogP contribution in [0.4, 0.5) is 0 Å². The highest BCUT2D eigenvalue weighted by atomic mass is 35.5. The molecule has 3 heterocycles. The van der Waals surface area contributed by atoms with E-state index in [4.69, 9.17) is 25.8 Å². The molecule has 0 radical (unpaired) electrons. The number of carbonyl (C=O) groups is 1. The van der Waals surface area contributed by atoms with Crippen LogP contribution >= 0.6 is 11.6 Å². The topological polar surface area (TPSA) is 128 Å². The summed E-state index contributed by atoms with van der Waals surface area (Å²) in [6, 6.07) is 19.5. The van der Waals surface area contributed by atoms with Gasteiger partial charge in [-0.25, -0.2) is 0 Å². The molecule has 11 heteroatoms. The molecule has 290 valence electrons. The van der Waals surface area contributed by atoms with E-state index >= 15 is 0 Å². The summed E-state index contributed by atoms with van der Waals surface area (Å²) < 4.78 is 19.0. The molecule has 1 unspecified atom stereocenters. The zero-order chi connectivity index (χ0) is 38.7. The van der Waals surface area contributed by atoms with Gasteiger partial charge in [0, 0.05) is 48.7 Å². The van der Waals surface area contributed by atoms with E-state index in [0.29, 0.717) is 48.2 Å². The molecular weight excluding hydrogens is 716 g/mol. The number of carboxylic acids is 1. The number of aliphatic hydroxyl groups is 1. The number of rotatable bonds is 16. The first-order valence-electron chi connectivity index (χ1n) is 19.3. The van der Waals surface area contributed by atoms with Crippen molar-refractivity contribution in [1.82, 2.24) is 14.8 Å². The van der Waals surface area contributed by atoms with Gasteiger partial charge in [0.25, 0.3) is 0 Å². The highest BCUT2D eigenvalue weighted by molar-refractivity contribution is 6.32. The molecule has 2 fully saturated rings. The SMILES string of the molecule is Cc1c(COc2cc(OCc3cncc(C#N)c3)c(CN3CCCC[C@H]3C(=O)O)cc2Cl)cccc1-c1cccc(OCCCN2CCCCC2CO)c1C. The second-order valence-corrected chi connectivity index (χ2v) is 15.0. The molecule has 2 N–H and O–H groups in total. The fourth-order valence-electron chi connectivity index (χ4n) is 7.77. The standard InChI is InChI=1S/C44H51ClN4O6/c1-30-34(10-7-12-37(30)38-13-8-15-41(31(38)2)53-19-9-18-48-16-5-3-11-36(48)27-50)29-55-43-22-42(54-28-33-20-32(23-46)24-47-25-33)35(21-39(43)45)26-49-17-6-4-14-40(49)44(51)52/h7-8,10,12-13,15,20-22,24-25,36,40,50H,3-6,9,11,14,16-19,26-29H2,1-2H3,(H,51,52)/t36?,40-/m0/s1. The van der Waals surface area contributed by atoms with Gasteiger partial charge in [-0.15, -0.1) is 0 Å². The van der Waals surface area contributed by atoms with E-state index in [9.17, 15) is 20.3 Å². The van der Waals surface area contributed by atoms with E-state index in [0.717, 1.165) is 83.5 Å². The highest BCUT2D eigenvalue weighted by Gasteiger charge is 2.29. The summed E-state index contributed by atoms with van der Waals surface area (Å²) in [5.74, 6) is 1.01. The van der Waals surface area contributed by atoms with Gasteiger partial charge < -0.3 is 24.4 Å². The van der Waals surface area contributed by atoms with Crippen LogP contribution in [0.5, 0.6) is 17.2 Å². The molecule has 2 saturated heterocycles. The molecule has 55 heavy (non-hydrogen) atoms. The van der Waals surface area contributed by atoms with Gasteiger partial charge in [-0.1, -0.05) is 54.8 Å². The third kappa shape index (κ3) is 10.2. The van der Waals surface area contributed by atoms with Crippen LogP contribution in [0.15, 0.2) is 67.0 Å². The van der Waals surface area contributed by atoms with Crippen LogP contribution in [-0.4, -0.2) is 75.9 Å². The Balaban J connectivity index is 1.17. The number of halogens is 1. The number of nitrogens with zero attached hydrogens (tertiary/aromatic N) is 4. The Bertz CT molecular complexity index is 1980. The first kappa shape index (κ1) is 40.0. The van der Waals surface area contributed by atoms with Crippen LogP contribution in [0.3, 0.4) is 0 Å².